The Bertz CT molecular complexity index is 545. The van der Waals surface area contributed by atoms with Crippen LogP contribution in [0.25, 0.3) is 0 Å². The third-order valence-corrected chi connectivity index (χ3v) is 4.34. The lowest BCUT2D eigenvalue weighted by molar-refractivity contribution is 0.413. The number of methoxy groups -OCH3 is 1. The van der Waals surface area contributed by atoms with E-state index in [1.165, 1.54) is 4.90 Å². The summed E-state index contributed by atoms with van der Waals surface area (Å²) in [7, 11) is 1.68. The van der Waals surface area contributed by atoms with Crippen molar-refractivity contribution in [3.63, 3.8) is 0 Å². The van der Waals surface area contributed by atoms with Crippen molar-refractivity contribution in [2.45, 2.75) is 10.6 Å². The molecule has 0 bridgehead atoms. The van der Waals surface area contributed by atoms with Crippen LogP contribution in [0.15, 0.2) is 51.8 Å². The highest BCUT2D eigenvalue weighted by molar-refractivity contribution is 9.10. The van der Waals surface area contributed by atoms with E-state index < -0.39 is 0 Å². The average Bonchev–Trinajstić information content (AvgIpc) is 2.38. The van der Waals surface area contributed by atoms with Crippen LogP contribution >= 0.6 is 39.3 Å². The van der Waals surface area contributed by atoms with Crippen LogP contribution in [-0.4, -0.2) is 7.11 Å². The Morgan fingerprint density at radius 2 is 2.06 bits per heavy atom. The molecular formula is C14H12BrClOS. The highest BCUT2D eigenvalue weighted by Crippen LogP contribution is 2.30. The zero-order chi connectivity index (χ0) is 13.0. The van der Waals surface area contributed by atoms with Gasteiger partial charge in [0.25, 0.3) is 0 Å². The van der Waals surface area contributed by atoms with Gasteiger partial charge in [0.1, 0.15) is 5.75 Å². The molecule has 2 aromatic carbocycles. The second kappa shape index (κ2) is 6.50. The molecule has 0 aromatic heterocycles. The van der Waals surface area contributed by atoms with Crippen molar-refractivity contribution in [1.82, 2.24) is 0 Å². The van der Waals surface area contributed by atoms with Crippen molar-refractivity contribution in [3.05, 3.63) is 57.5 Å². The molecule has 0 amide bonds. The lowest BCUT2D eigenvalue weighted by atomic mass is 10.2. The van der Waals surface area contributed by atoms with Crippen molar-refractivity contribution in [3.8, 4) is 5.75 Å². The minimum atomic E-state index is 0.791. The third kappa shape index (κ3) is 3.67. The van der Waals surface area contributed by atoms with Crippen LogP contribution in [0.1, 0.15) is 5.56 Å². The summed E-state index contributed by atoms with van der Waals surface area (Å²) in [6.07, 6.45) is 0. The maximum atomic E-state index is 6.19. The summed E-state index contributed by atoms with van der Waals surface area (Å²) in [6.45, 7) is 0. The van der Waals surface area contributed by atoms with E-state index in [9.17, 15) is 0 Å². The van der Waals surface area contributed by atoms with Crippen molar-refractivity contribution >= 4 is 39.3 Å². The quantitative estimate of drug-likeness (QED) is 0.687. The van der Waals surface area contributed by atoms with E-state index in [4.69, 9.17) is 16.3 Å². The predicted octanol–water partition coefficient (Wildman–Crippen LogP) is 5.40. The molecule has 0 atom stereocenters. The average molecular weight is 344 g/mol. The second-order valence-corrected chi connectivity index (χ2v) is 6.08. The number of thioether (sulfide) groups is 1. The van der Waals surface area contributed by atoms with E-state index >= 15 is 0 Å². The lowest BCUT2D eigenvalue weighted by Gasteiger charge is -2.06. The van der Waals surface area contributed by atoms with E-state index in [-0.39, 0.29) is 0 Å². The predicted molar refractivity (Wildman–Crippen MR) is 81.7 cm³/mol. The molecule has 18 heavy (non-hydrogen) atoms. The summed E-state index contributed by atoms with van der Waals surface area (Å²) in [5.74, 6) is 1.72. The summed E-state index contributed by atoms with van der Waals surface area (Å²) in [4.78, 5) is 1.17. The smallest absolute Gasteiger partial charge is 0.119 e. The Morgan fingerprint density at radius 3 is 2.78 bits per heavy atom. The molecule has 0 spiro atoms. The number of benzene rings is 2. The number of hydrogen-bond acceptors (Lipinski definition) is 2. The second-order valence-electron chi connectivity index (χ2n) is 3.70. The first-order chi connectivity index (χ1) is 8.69. The molecule has 0 radical (unpaired) electrons. The highest BCUT2D eigenvalue weighted by atomic mass is 79.9. The van der Waals surface area contributed by atoms with Gasteiger partial charge in [0.2, 0.25) is 0 Å². The first-order valence-electron chi connectivity index (χ1n) is 5.40. The van der Waals surface area contributed by atoms with Crippen molar-refractivity contribution in [2.24, 2.45) is 0 Å². The topological polar surface area (TPSA) is 9.23 Å². The molecule has 94 valence electrons. The first-order valence-corrected chi connectivity index (χ1v) is 7.55. The molecule has 2 aromatic rings. The van der Waals surface area contributed by atoms with Gasteiger partial charge in [-0.3, -0.25) is 0 Å². The number of hydrogen-bond donors (Lipinski definition) is 0. The van der Waals surface area contributed by atoms with Gasteiger partial charge < -0.3 is 4.74 Å². The van der Waals surface area contributed by atoms with Gasteiger partial charge >= 0.3 is 0 Å². The molecule has 0 saturated carbocycles. The fraction of sp³-hybridized carbons (Fsp3) is 0.143. The molecule has 0 unspecified atom stereocenters. The van der Waals surface area contributed by atoms with Crippen molar-refractivity contribution in [2.75, 3.05) is 7.11 Å². The first kappa shape index (κ1) is 13.8. The fourth-order valence-corrected chi connectivity index (χ4v) is 3.26. The Balaban J connectivity index is 2.06. The van der Waals surface area contributed by atoms with Crippen LogP contribution in [0.4, 0.5) is 0 Å². The van der Waals surface area contributed by atoms with Gasteiger partial charge in [0.15, 0.2) is 0 Å². The van der Waals surface area contributed by atoms with E-state index in [0.29, 0.717) is 0 Å². The normalized spacial score (nSPS) is 10.4. The SMILES string of the molecule is COc1cccc(SCc2ccc(Br)cc2Cl)c1. The summed E-state index contributed by atoms with van der Waals surface area (Å²) in [5, 5.41) is 0.791. The molecule has 1 nitrogen and oxygen atoms in total. The Kier molecular flexibility index (Phi) is 4.98. The molecule has 0 saturated heterocycles. The molecule has 0 heterocycles. The van der Waals surface area contributed by atoms with E-state index in [0.717, 1.165) is 26.6 Å². The minimum absolute atomic E-state index is 0.791. The van der Waals surface area contributed by atoms with Crippen LogP contribution in [0.5, 0.6) is 5.75 Å². The van der Waals surface area contributed by atoms with Gasteiger partial charge in [-0.25, -0.2) is 0 Å². The summed E-state index contributed by atoms with van der Waals surface area (Å²) in [6, 6.07) is 14.0. The standard InChI is InChI=1S/C14H12BrClOS/c1-17-12-3-2-4-13(8-12)18-9-10-5-6-11(15)7-14(10)16/h2-8H,9H2,1H3. The van der Waals surface area contributed by atoms with Gasteiger partial charge in [-0.1, -0.05) is 39.7 Å². The van der Waals surface area contributed by atoms with Crippen molar-refractivity contribution in [1.29, 1.82) is 0 Å². The van der Waals surface area contributed by atoms with Gasteiger partial charge in [-0.2, -0.15) is 0 Å². The van der Waals surface area contributed by atoms with Gasteiger partial charge in [0.05, 0.1) is 7.11 Å². The maximum absolute atomic E-state index is 6.19. The molecule has 0 fully saturated rings. The summed E-state index contributed by atoms with van der Waals surface area (Å²) >= 11 is 11.3. The van der Waals surface area contributed by atoms with E-state index in [1.807, 2.05) is 36.4 Å². The molecular weight excluding hydrogens is 332 g/mol. The zero-order valence-electron chi connectivity index (χ0n) is 9.82. The Morgan fingerprint density at radius 1 is 1.22 bits per heavy atom. The monoisotopic (exact) mass is 342 g/mol. The number of halogens is 2. The lowest BCUT2D eigenvalue weighted by Crippen LogP contribution is -1.85. The molecule has 4 heteroatoms. The zero-order valence-corrected chi connectivity index (χ0v) is 13.0. The third-order valence-electron chi connectivity index (χ3n) is 2.45. The van der Waals surface area contributed by atoms with Crippen LogP contribution in [0.3, 0.4) is 0 Å². The number of rotatable bonds is 4. The minimum Gasteiger partial charge on any atom is -0.497 e. The highest BCUT2D eigenvalue weighted by Gasteiger charge is 2.03. The van der Waals surface area contributed by atoms with Crippen LogP contribution in [0, 0.1) is 0 Å². The Labute approximate surface area is 125 Å². The van der Waals surface area contributed by atoms with Gasteiger partial charge in [-0.05, 0) is 35.9 Å². The molecule has 0 aliphatic carbocycles. The van der Waals surface area contributed by atoms with Gasteiger partial charge in [0, 0.05) is 20.1 Å². The molecule has 0 aliphatic heterocycles. The van der Waals surface area contributed by atoms with Crippen LogP contribution in [-0.2, 0) is 5.75 Å². The van der Waals surface area contributed by atoms with Crippen LogP contribution < -0.4 is 4.74 Å². The fourth-order valence-electron chi connectivity index (χ4n) is 1.49. The van der Waals surface area contributed by atoms with E-state index in [2.05, 4.69) is 22.0 Å². The maximum Gasteiger partial charge on any atom is 0.119 e. The van der Waals surface area contributed by atoms with Crippen LogP contribution in [0.2, 0.25) is 5.02 Å². The molecule has 0 N–H and O–H groups in total. The summed E-state index contributed by atoms with van der Waals surface area (Å²) in [5.41, 5.74) is 1.13. The number of ether oxygens (including phenoxy) is 1. The summed E-state index contributed by atoms with van der Waals surface area (Å²) < 4.78 is 6.20. The molecule has 0 aliphatic rings. The van der Waals surface area contributed by atoms with E-state index in [1.54, 1.807) is 18.9 Å². The van der Waals surface area contributed by atoms with Gasteiger partial charge in [-0.15, -0.1) is 11.8 Å². The molecule has 2 rings (SSSR count). The Hall–Kier alpha value is -0.640. The van der Waals surface area contributed by atoms with Crippen molar-refractivity contribution < 1.29 is 4.74 Å². The largest absolute Gasteiger partial charge is 0.497 e.